The molecule has 0 aromatic heterocycles. The van der Waals surface area contributed by atoms with Crippen LogP contribution in [-0.4, -0.2) is 54.7 Å². The highest BCUT2D eigenvalue weighted by atomic mass is 16.3. The van der Waals surface area contributed by atoms with Gasteiger partial charge in [0.1, 0.15) is 17.4 Å². The van der Waals surface area contributed by atoms with Gasteiger partial charge in [0.2, 0.25) is 5.91 Å². The third-order valence-electron chi connectivity index (χ3n) is 7.72. The monoisotopic (exact) mass is 479 g/mol. The standard InChI is InChI=1S/C26H25NO8/c27-25(34)21-18(30)9-14-7-13-8-16-15(12-3-1-11(10-28)2-4-12)5-6-17(29)20(16)22(31)19(13)23(32)26(14,35)24(21)33/h1-6,13-14,18,21,28-30,32,35H,7-10H2,(H2,27,34)/t13-,14+,18?,21?,26+/m1/s1. The molecule has 0 spiro atoms. The molecule has 2 unspecified atom stereocenters. The van der Waals surface area contributed by atoms with Gasteiger partial charge in [-0.15, -0.1) is 0 Å². The van der Waals surface area contributed by atoms with E-state index in [1.165, 1.54) is 6.07 Å². The first-order chi connectivity index (χ1) is 16.6. The van der Waals surface area contributed by atoms with Crippen LogP contribution in [0.25, 0.3) is 11.1 Å². The Morgan fingerprint density at radius 3 is 2.37 bits per heavy atom. The summed E-state index contributed by atoms with van der Waals surface area (Å²) in [6, 6.07) is 10.2. The predicted molar refractivity (Wildman–Crippen MR) is 122 cm³/mol. The summed E-state index contributed by atoms with van der Waals surface area (Å²) < 4.78 is 0. The van der Waals surface area contributed by atoms with E-state index in [-0.39, 0.29) is 42.8 Å². The van der Waals surface area contributed by atoms with Crippen molar-refractivity contribution in [1.82, 2.24) is 0 Å². The quantitative estimate of drug-likeness (QED) is 0.352. The molecular formula is C26H25NO8. The van der Waals surface area contributed by atoms with Crippen molar-refractivity contribution in [3.63, 3.8) is 0 Å². The summed E-state index contributed by atoms with van der Waals surface area (Å²) in [6.45, 7) is -0.118. The molecule has 0 heterocycles. The molecule has 2 aromatic rings. The summed E-state index contributed by atoms with van der Waals surface area (Å²) >= 11 is 0. The van der Waals surface area contributed by atoms with Crippen LogP contribution in [0.4, 0.5) is 0 Å². The minimum Gasteiger partial charge on any atom is -0.508 e. The number of hydrogen-bond acceptors (Lipinski definition) is 8. The maximum absolute atomic E-state index is 13.6. The average molecular weight is 479 g/mol. The van der Waals surface area contributed by atoms with Gasteiger partial charge in [0.15, 0.2) is 17.2 Å². The van der Waals surface area contributed by atoms with Gasteiger partial charge in [0.05, 0.1) is 18.3 Å². The lowest BCUT2D eigenvalue weighted by Crippen LogP contribution is -2.63. The van der Waals surface area contributed by atoms with Crippen LogP contribution >= 0.6 is 0 Å². The number of primary amides is 1. The van der Waals surface area contributed by atoms with Crippen molar-refractivity contribution in [2.24, 2.45) is 23.5 Å². The number of allylic oxidation sites excluding steroid dienone is 1. The third-order valence-corrected chi connectivity index (χ3v) is 7.72. The zero-order chi connectivity index (χ0) is 25.2. The summed E-state index contributed by atoms with van der Waals surface area (Å²) in [7, 11) is 0. The molecule has 0 radical (unpaired) electrons. The van der Waals surface area contributed by atoms with Crippen molar-refractivity contribution >= 4 is 17.5 Å². The molecule has 9 heteroatoms. The summed E-state index contributed by atoms with van der Waals surface area (Å²) in [6.07, 6.45) is -1.22. The second-order valence-corrected chi connectivity index (χ2v) is 9.58. The van der Waals surface area contributed by atoms with Crippen LogP contribution in [0.1, 0.15) is 34.3 Å². The van der Waals surface area contributed by atoms with Crippen molar-refractivity contribution in [3.8, 4) is 16.9 Å². The van der Waals surface area contributed by atoms with Crippen LogP contribution in [0.2, 0.25) is 0 Å². The third kappa shape index (κ3) is 3.23. The highest BCUT2D eigenvalue weighted by Gasteiger charge is 2.62. The molecule has 1 fully saturated rings. The zero-order valence-corrected chi connectivity index (χ0v) is 18.6. The molecular weight excluding hydrogens is 454 g/mol. The number of ketones is 2. The van der Waals surface area contributed by atoms with E-state index in [9.17, 15) is 39.9 Å². The summed E-state index contributed by atoms with van der Waals surface area (Å²) in [5.74, 6) is -7.30. The largest absolute Gasteiger partial charge is 0.508 e. The fourth-order valence-electron chi connectivity index (χ4n) is 5.99. The van der Waals surface area contributed by atoms with Gasteiger partial charge in [-0.25, -0.2) is 0 Å². The topological polar surface area (TPSA) is 178 Å². The Bertz CT molecular complexity index is 1300. The fraction of sp³-hybridized carbons (Fsp3) is 0.346. The molecule has 182 valence electrons. The molecule has 1 saturated carbocycles. The highest BCUT2D eigenvalue weighted by molar-refractivity contribution is 6.16. The van der Waals surface area contributed by atoms with Crippen molar-refractivity contribution in [2.45, 2.75) is 37.6 Å². The number of amides is 1. The minimum absolute atomic E-state index is 0.0247. The van der Waals surface area contributed by atoms with E-state index in [2.05, 4.69) is 0 Å². The number of fused-ring (bicyclic) bond motifs is 3. The molecule has 5 rings (SSSR count). The second-order valence-electron chi connectivity index (χ2n) is 9.58. The lowest BCUT2D eigenvalue weighted by molar-refractivity contribution is -0.167. The van der Waals surface area contributed by atoms with Gasteiger partial charge in [-0.05, 0) is 53.5 Å². The number of Topliss-reactive ketones (excluding diaryl/α,β-unsaturated/α-hetero) is 2. The smallest absolute Gasteiger partial charge is 0.230 e. The Hall–Kier alpha value is -3.53. The Morgan fingerprint density at radius 1 is 1.06 bits per heavy atom. The molecule has 2 aromatic carbocycles. The maximum atomic E-state index is 13.6. The maximum Gasteiger partial charge on any atom is 0.230 e. The number of phenolic OH excluding ortho intramolecular Hbond substituents is 1. The van der Waals surface area contributed by atoms with Crippen molar-refractivity contribution in [1.29, 1.82) is 0 Å². The normalized spacial score (nSPS) is 29.9. The molecule has 0 bridgehead atoms. The van der Waals surface area contributed by atoms with Gasteiger partial charge in [0.25, 0.3) is 0 Å². The number of phenols is 1. The van der Waals surface area contributed by atoms with E-state index < -0.39 is 52.7 Å². The SMILES string of the molecule is NC(=O)C1C(=O)[C@@]2(O)C(O)=C3C(=O)c4c(O)ccc(-c5ccc(CO)cc5)c4C[C@H]3C[C@H]2CC1O. The molecule has 0 aliphatic heterocycles. The molecule has 7 N–H and O–H groups in total. The molecule has 3 aliphatic rings. The van der Waals surface area contributed by atoms with Crippen LogP contribution in [0.15, 0.2) is 47.7 Å². The van der Waals surface area contributed by atoms with Crippen LogP contribution < -0.4 is 5.73 Å². The minimum atomic E-state index is -2.52. The van der Waals surface area contributed by atoms with E-state index in [0.29, 0.717) is 16.7 Å². The second kappa shape index (κ2) is 8.01. The molecule has 1 amide bonds. The van der Waals surface area contributed by atoms with Gasteiger partial charge in [0, 0.05) is 11.5 Å². The highest BCUT2D eigenvalue weighted by Crippen LogP contribution is 2.52. The van der Waals surface area contributed by atoms with Gasteiger partial charge < -0.3 is 31.3 Å². The van der Waals surface area contributed by atoms with E-state index in [0.717, 1.165) is 5.56 Å². The number of benzene rings is 2. The first kappa shape index (κ1) is 23.2. The number of aromatic hydroxyl groups is 1. The van der Waals surface area contributed by atoms with Crippen LogP contribution in [0.3, 0.4) is 0 Å². The Labute approximate surface area is 200 Å². The summed E-state index contributed by atoms with van der Waals surface area (Å²) in [4.78, 5) is 38.4. The lowest BCUT2D eigenvalue weighted by Gasteiger charge is -2.48. The number of carbonyl (C=O) groups excluding carboxylic acids is 3. The number of rotatable bonds is 3. The van der Waals surface area contributed by atoms with Crippen molar-refractivity contribution in [3.05, 3.63) is 64.4 Å². The Morgan fingerprint density at radius 2 is 1.74 bits per heavy atom. The van der Waals surface area contributed by atoms with Crippen molar-refractivity contribution < 1.29 is 39.9 Å². The Kier molecular flexibility index (Phi) is 5.32. The predicted octanol–water partition coefficient (Wildman–Crippen LogP) is 0.905. The summed E-state index contributed by atoms with van der Waals surface area (Å²) in [5.41, 5.74) is 5.29. The number of aliphatic hydroxyl groups excluding tert-OH is 3. The van der Waals surface area contributed by atoms with E-state index in [1.54, 1.807) is 30.3 Å². The van der Waals surface area contributed by atoms with E-state index in [4.69, 9.17) is 5.73 Å². The van der Waals surface area contributed by atoms with Gasteiger partial charge in [-0.2, -0.15) is 0 Å². The first-order valence-electron chi connectivity index (χ1n) is 11.4. The van der Waals surface area contributed by atoms with Gasteiger partial charge in [-0.1, -0.05) is 30.3 Å². The van der Waals surface area contributed by atoms with Gasteiger partial charge in [-0.3, -0.25) is 14.4 Å². The van der Waals surface area contributed by atoms with Crippen LogP contribution in [0.5, 0.6) is 5.75 Å². The zero-order valence-electron chi connectivity index (χ0n) is 18.6. The molecule has 3 aliphatic carbocycles. The first-order valence-corrected chi connectivity index (χ1v) is 11.4. The van der Waals surface area contributed by atoms with E-state index in [1.807, 2.05) is 0 Å². The molecule has 9 nitrogen and oxygen atoms in total. The lowest BCUT2D eigenvalue weighted by atomic mass is 9.57. The van der Waals surface area contributed by atoms with Crippen molar-refractivity contribution in [2.75, 3.05) is 0 Å². The molecule has 5 atom stereocenters. The van der Waals surface area contributed by atoms with Crippen LogP contribution in [-0.2, 0) is 22.6 Å². The number of carbonyl (C=O) groups is 3. The molecule has 35 heavy (non-hydrogen) atoms. The number of aliphatic hydroxyl groups is 4. The van der Waals surface area contributed by atoms with Gasteiger partial charge >= 0.3 is 0 Å². The number of hydrogen-bond donors (Lipinski definition) is 6. The number of nitrogens with two attached hydrogens (primary N) is 1. The van der Waals surface area contributed by atoms with Crippen LogP contribution in [0, 0.1) is 17.8 Å². The fourth-order valence-corrected chi connectivity index (χ4v) is 5.99. The Balaban J connectivity index is 1.65. The molecule has 0 saturated heterocycles. The summed E-state index contributed by atoms with van der Waals surface area (Å²) in [5, 5.41) is 52.7. The average Bonchev–Trinajstić information content (AvgIpc) is 2.81. The van der Waals surface area contributed by atoms with E-state index >= 15 is 0 Å².